The Labute approximate surface area is 354 Å². The van der Waals surface area contributed by atoms with Gasteiger partial charge < -0.3 is 28.5 Å². The van der Waals surface area contributed by atoms with Crippen LogP contribution in [0.2, 0.25) is 0 Å². The van der Waals surface area contributed by atoms with Gasteiger partial charge in [0, 0.05) is 22.8 Å². The molecule has 0 saturated heterocycles. The first-order valence-electron chi connectivity index (χ1n) is 17.8. The summed E-state index contributed by atoms with van der Waals surface area (Å²) >= 11 is 4.29. The lowest BCUT2D eigenvalue weighted by Crippen LogP contribution is -2.14. The molecule has 2 aromatic heterocycles. The van der Waals surface area contributed by atoms with E-state index in [4.69, 9.17) is 18.9 Å². The second kappa shape index (κ2) is 18.1. The Morgan fingerprint density at radius 2 is 1.21 bits per heavy atom. The number of nitrogens with zero attached hydrogens (tertiary/aromatic N) is 1. The van der Waals surface area contributed by atoms with Crippen LogP contribution in [0.3, 0.4) is 0 Å². The van der Waals surface area contributed by atoms with Crippen LogP contribution in [0.15, 0.2) is 109 Å². The Hall–Kier alpha value is -5.03. The third-order valence-electron chi connectivity index (χ3n) is 9.13. The summed E-state index contributed by atoms with van der Waals surface area (Å²) in [4.78, 5) is 28.0. The molecule has 0 radical (unpaired) electrons. The molecular formula is C44H37F3I2N2O6. The fourth-order valence-electron chi connectivity index (χ4n) is 6.33. The normalized spacial score (nSPS) is 11.2. The summed E-state index contributed by atoms with van der Waals surface area (Å²) in [6.45, 7) is 4.17. The van der Waals surface area contributed by atoms with Crippen LogP contribution in [0.25, 0.3) is 44.1 Å². The highest BCUT2D eigenvalue weighted by atomic mass is 127. The van der Waals surface area contributed by atoms with Crippen LogP contribution in [0.5, 0.6) is 11.5 Å². The largest absolute Gasteiger partial charge is 0.497 e. The number of ether oxygens (including phenoxy) is 4. The van der Waals surface area contributed by atoms with Gasteiger partial charge in [-0.1, -0.05) is 48.5 Å². The van der Waals surface area contributed by atoms with Crippen molar-refractivity contribution >= 4 is 78.9 Å². The number of hydrogen-bond donors (Lipinski definition) is 1. The predicted octanol–water partition coefficient (Wildman–Crippen LogP) is 11.8. The number of rotatable bonds is 10. The molecule has 1 N–H and O–H groups in total. The molecule has 0 atom stereocenters. The maximum atomic E-state index is 13.2. The van der Waals surface area contributed by atoms with Crippen molar-refractivity contribution in [3.05, 3.63) is 139 Å². The molecule has 13 heteroatoms. The monoisotopic (exact) mass is 1000 g/mol. The first-order valence-corrected chi connectivity index (χ1v) is 19.9. The van der Waals surface area contributed by atoms with Crippen LogP contribution in [-0.2, 0) is 22.2 Å². The van der Waals surface area contributed by atoms with E-state index in [0.717, 1.165) is 71.3 Å². The number of methoxy groups -OCH3 is 2. The number of esters is 2. The molecule has 0 aliphatic carbocycles. The number of alkyl halides is 3. The lowest BCUT2D eigenvalue weighted by molar-refractivity contribution is -0.137. The van der Waals surface area contributed by atoms with E-state index in [1.807, 2.05) is 78.9 Å². The SMILES string of the molecule is CCOC(=O)c1[nH]c2ccc(-c3ccc(OC)cc3)cc2c1I.CCOC(=O)c1c(I)c2cc(-c3ccc(OC)cc3)ccc2n1Cc1cccc(C(F)(F)F)c1. The Balaban J connectivity index is 0.000000208. The molecule has 7 rings (SSSR count). The Bertz CT molecular complexity index is 2550. The van der Waals surface area contributed by atoms with Crippen LogP contribution in [-0.4, -0.2) is 48.9 Å². The minimum absolute atomic E-state index is 0.0967. The summed E-state index contributed by atoms with van der Waals surface area (Å²) in [6, 6.07) is 32.6. The van der Waals surface area contributed by atoms with Crippen molar-refractivity contribution < 1.29 is 41.7 Å². The molecule has 5 aromatic carbocycles. The number of carbonyl (C=O) groups excluding carboxylic acids is 2. The van der Waals surface area contributed by atoms with Crippen LogP contribution < -0.4 is 9.47 Å². The molecule has 0 amide bonds. The van der Waals surface area contributed by atoms with E-state index in [2.05, 4.69) is 56.2 Å². The van der Waals surface area contributed by atoms with Crippen molar-refractivity contribution in [3.8, 4) is 33.8 Å². The van der Waals surface area contributed by atoms with Gasteiger partial charge in [0.05, 0.1) is 45.7 Å². The lowest BCUT2D eigenvalue weighted by atomic mass is 10.0. The van der Waals surface area contributed by atoms with E-state index >= 15 is 0 Å². The van der Waals surface area contributed by atoms with E-state index in [9.17, 15) is 22.8 Å². The minimum atomic E-state index is -4.44. The highest BCUT2D eigenvalue weighted by molar-refractivity contribution is 14.1. The van der Waals surface area contributed by atoms with Gasteiger partial charge in [-0.3, -0.25) is 0 Å². The van der Waals surface area contributed by atoms with E-state index in [1.54, 1.807) is 38.7 Å². The van der Waals surface area contributed by atoms with Crippen molar-refractivity contribution in [1.82, 2.24) is 9.55 Å². The molecule has 0 aliphatic rings. The molecule has 0 saturated carbocycles. The molecular weight excluding hydrogens is 963 g/mol. The number of fused-ring (bicyclic) bond motifs is 2. The number of benzene rings is 5. The van der Waals surface area contributed by atoms with Crippen LogP contribution in [0.4, 0.5) is 13.2 Å². The molecule has 0 unspecified atom stereocenters. The van der Waals surface area contributed by atoms with Gasteiger partial charge in [0.1, 0.15) is 22.9 Å². The van der Waals surface area contributed by atoms with Crippen molar-refractivity contribution in [1.29, 1.82) is 0 Å². The number of H-pyrrole nitrogens is 1. The average Bonchev–Trinajstić information content (AvgIpc) is 3.70. The predicted molar refractivity (Wildman–Crippen MR) is 232 cm³/mol. The number of hydrogen-bond acceptors (Lipinski definition) is 6. The van der Waals surface area contributed by atoms with Crippen molar-refractivity contribution in [3.63, 3.8) is 0 Å². The Morgan fingerprint density at radius 1 is 0.667 bits per heavy atom. The number of aromatic nitrogens is 2. The van der Waals surface area contributed by atoms with Crippen LogP contribution >= 0.6 is 45.2 Å². The van der Waals surface area contributed by atoms with Crippen molar-refractivity contribution in [2.24, 2.45) is 0 Å². The zero-order valence-corrected chi connectivity index (χ0v) is 35.6. The van der Waals surface area contributed by atoms with Gasteiger partial charge in [-0.25, -0.2) is 9.59 Å². The van der Waals surface area contributed by atoms with Crippen molar-refractivity contribution in [2.45, 2.75) is 26.6 Å². The minimum Gasteiger partial charge on any atom is -0.497 e. The topological polar surface area (TPSA) is 91.8 Å². The maximum Gasteiger partial charge on any atom is 0.416 e. The summed E-state index contributed by atoms with van der Waals surface area (Å²) in [7, 11) is 3.26. The second-order valence-corrected chi connectivity index (χ2v) is 14.8. The van der Waals surface area contributed by atoms with Gasteiger partial charge >= 0.3 is 18.1 Å². The number of carbonyl (C=O) groups is 2. The first kappa shape index (κ1) is 41.6. The molecule has 8 nitrogen and oxygen atoms in total. The molecule has 2 heterocycles. The van der Waals surface area contributed by atoms with Crippen LogP contribution in [0, 0.1) is 7.14 Å². The summed E-state index contributed by atoms with van der Waals surface area (Å²) in [6.07, 6.45) is -4.44. The molecule has 57 heavy (non-hydrogen) atoms. The third-order valence-corrected chi connectivity index (χ3v) is 11.3. The molecule has 0 fully saturated rings. The van der Waals surface area contributed by atoms with Gasteiger partial charge in [-0.15, -0.1) is 0 Å². The molecule has 0 bridgehead atoms. The average molecular weight is 1000 g/mol. The molecule has 294 valence electrons. The number of aromatic amines is 1. The molecule has 0 aliphatic heterocycles. The van der Waals surface area contributed by atoms with Gasteiger partial charge in [-0.05, 0) is 148 Å². The zero-order valence-electron chi connectivity index (χ0n) is 31.3. The summed E-state index contributed by atoms with van der Waals surface area (Å²) in [5.74, 6) is 0.743. The number of nitrogens with one attached hydrogen (secondary N) is 1. The van der Waals surface area contributed by atoms with Crippen molar-refractivity contribution in [2.75, 3.05) is 27.4 Å². The van der Waals surface area contributed by atoms with Crippen LogP contribution in [0.1, 0.15) is 46.0 Å². The fraction of sp³-hybridized carbons (Fsp3) is 0.182. The van der Waals surface area contributed by atoms with Gasteiger partial charge in [0.2, 0.25) is 0 Å². The Kier molecular flexibility index (Phi) is 13.2. The van der Waals surface area contributed by atoms with Gasteiger partial charge in [0.15, 0.2) is 0 Å². The fourth-order valence-corrected chi connectivity index (χ4v) is 8.08. The first-order chi connectivity index (χ1) is 27.4. The second-order valence-electron chi connectivity index (χ2n) is 12.7. The summed E-state index contributed by atoms with van der Waals surface area (Å²) in [5.41, 5.74) is 6.31. The number of halogens is 5. The third kappa shape index (κ3) is 9.25. The van der Waals surface area contributed by atoms with E-state index < -0.39 is 17.7 Å². The standard InChI is InChI=1S/C26H21F3INO3.C18H16INO3/c1-3-34-25(32)24-23(30)21-14-18(17-7-10-20(33-2)11-8-17)9-12-22(21)31(24)15-16-5-4-6-19(13-16)26(27,28)29;1-3-23-18(21)17-16(19)14-10-12(6-9-15(14)20-17)11-4-7-13(22-2)8-5-11/h4-14H,3,15H2,1-2H3;4-10,20H,3H2,1-2H3. The van der Waals surface area contributed by atoms with E-state index in [-0.39, 0.29) is 19.1 Å². The van der Waals surface area contributed by atoms with Gasteiger partial charge in [-0.2, -0.15) is 13.2 Å². The smallest absolute Gasteiger partial charge is 0.416 e. The zero-order chi connectivity index (χ0) is 40.9. The summed E-state index contributed by atoms with van der Waals surface area (Å²) in [5, 5.41) is 1.84. The quantitative estimate of drug-likeness (QED) is 0.108. The highest BCUT2D eigenvalue weighted by Crippen LogP contribution is 2.35. The maximum absolute atomic E-state index is 13.2. The highest BCUT2D eigenvalue weighted by Gasteiger charge is 2.31. The van der Waals surface area contributed by atoms with E-state index in [1.165, 1.54) is 6.07 Å². The van der Waals surface area contributed by atoms with E-state index in [0.29, 0.717) is 27.1 Å². The molecule has 7 aromatic rings. The molecule has 0 spiro atoms. The Morgan fingerprint density at radius 3 is 1.77 bits per heavy atom. The van der Waals surface area contributed by atoms with Gasteiger partial charge in [0.25, 0.3) is 0 Å². The summed E-state index contributed by atoms with van der Waals surface area (Å²) < 4.78 is 63.8. The lowest BCUT2D eigenvalue weighted by Gasteiger charge is -2.13.